The molecule has 4 heteroatoms. The highest BCUT2D eigenvalue weighted by atomic mass is 16.6. The third-order valence-electron chi connectivity index (χ3n) is 3.30. The van der Waals surface area contributed by atoms with E-state index in [1.165, 1.54) is 11.1 Å². The van der Waals surface area contributed by atoms with E-state index in [-0.39, 0.29) is 5.92 Å². The Hall–Kier alpha value is -2.15. The molecule has 21 heavy (non-hydrogen) atoms. The number of carbonyl (C=O) groups excluding carboxylic acids is 1. The number of hydrogen-bond donors (Lipinski definition) is 2. The van der Waals surface area contributed by atoms with E-state index in [4.69, 9.17) is 10.5 Å². The number of carbonyl (C=O) groups is 1. The second-order valence-electron chi connectivity index (χ2n) is 6.18. The third kappa shape index (κ3) is 4.16. The fourth-order valence-corrected chi connectivity index (χ4v) is 2.44. The lowest BCUT2D eigenvalue weighted by molar-refractivity contribution is 0.0535. The molecule has 0 aromatic heterocycles. The Kier molecular flexibility index (Phi) is 4.42. The zero-order chi connectivity index (χ0) is 15.5. The molecular weight excluding hydrogens is 264 g/mol. The Labute approximate surface area is 126 Å². The Bertz CT molecular complexity index is 591. The molecule has 1 aromatic rings. The number of amides is 1. The zero-order valence-corrected chi connectivity index (χ0v) is 12.8. The summed E-state index contributed by atoms with van der Waals surface area (Å²) in [6, 6.07) is 5.98. The minimum atomic E-state index is -0.487. The average molecular weight is 286 g/mol. The summed E-state index contributed by atoms with van der Waals surface area (Å²) in [6.45, 7) is 5.79. The first-order valence-corrected chi connectivity index (χ1v) is 7.19. The van der Waals surface area contributed by atoms with Crippen molar-refractivity contribution in [3.63, 3.8) is 0 Å². The lowest BCUT2D eigenvalue weighted by Crippen LogP contribution is -2.32. The van der Waals surface area contributed by atoms with Gasteiger partial charge >= 0.3 is 6.09 Å². The molecule has 0 aliphatic heterocycles. The minimum absolute atomic E-state index is 0.212. The van der Waals surface area contributed by atoms with Crippen molar-refractivity contribution in [3.8, 4) is 11.8 Å². The minimum Gasteiger partial charge on any atom is -0.444 e. The van der Waals surface area contributed by atoms with E-state index in [2.05, 4.69) is 23.2 Å². The Morgan fingerprint density at radius 3 is 2.95 bits per heavy atom. The van der Waals surface area contributed by atoms with E-state index in [0.29, 0.717) is 6.54 Å². The number of fused-ring (bicyclic) bond motifs is 1. The maximum absolute atomic E-state index is 11.5. The fourth-order valence-electron chi connectivity index (χ4n) is 2.44. The van der Waals surface area contributed by atoms with Gasteiger partial charge in [0.1, 0.15) is 5.60 Å². The highest BCUT2D eigenvalue weighted by Gasteiger charge is 2.22. The van der Waals surface area contributed by atoms with Crippen molar-refractivity contribution in [2.24, 2.45) is 0 Å². The van der Waals surface area contributed by atoms with Crippen LogP contribution < -0.4 is 11.1 Å². The molecule has 112 valence electrons. The van der Waals surface area contributed by atoms with E-state index in [1.54, 1.807) is 0 Å². The molecule has 2 rings (SSSR count). The first kappa shape index (κ1) is 15.2. The summed E-state index contributed by atoms with van der Waals surface area (Å²) in [4.78, 5) is 11.5. The standard InChI is InChI=1S/C17H22N2O2/c1-17(2,3)21-16(20)19-11-5-6-12-9-10-14-13(12)7-4-8-15(14)18/h4,7-8,12H,9-11,18H2,1-3H3,(H,19,20). The largest absolute Gasteiger partial charge is 0.444 e. The number of hydrogen-bond acceptors (Lipinski definition) is 3. The van der Waals surface area contributed by atoms with Gasteiger partial charge in [0.25, 0.3) is 0 Å². The van der Waals surface area contributed by atoms with Crippen LogP contribution in [-0.2, 0) is 11.2 Å². The first-order valence-electron chi connectivity index (χ1n) is 7.19. The highest BCUT2D eigenvalue weighted by molar-refractivity contribution is 5.68. The molecule has 0 saturated carbocycles. The molecule has 1 unspecified atom stereocenters. The number of nitrogens with two attached hydrogens (primary N) is 1. The predicted molar refractivity (Wildman–Crippen MR) is 83.9 cm³/mol. The lowest BCUT2D eigenvalue weighted by atomic mass is 10.0. The molecule has 1 amide bonds. The van der Waals surface area contributed by atoms with Gasteiger partial charge < -0.3 is 15.8 Å². The number of nitrogen functional groups attached to an aromatic ring is 1. The smallest absolute Gasteiger partial charge is 0.408 e. The quantitative estimate of drug-likeness (QED) is 0.616. The monoisotopic (exact) mass is 286 g/mol. The van der Waals surface area contributed by atoms with Crippen LogP contribution in [-0.4, -0.2) is 18.2 Å². The molecule has 0 spiro atoms. The molecule has 1 aliphatic rings. The summed E-state index contributed by atoms with van der Waals surface area (Å²) >= 11 is 0. The summed E-state index contributed by atoms with van der Waals surface area (Å²) < 4.78 is 5.15. The number of nitrogens with one attached hydrogen (secondary N) is 1. The molecule has 0 radical (unpaired) electrons. The topological polar surface area (TPSA) is 64.3 Å². The summed E-state index contributed by atoms with van der Waals surface area (Å²) in [5, 5.41) is 2.64. The normalized spacial score (nSPS) is 16.6. The molecular formula is C17H22N2O2. The number of ether oxygens (including phenoxy) is 1. The van der Waals surface area contributed by atoms with Crippen molar-refractivity contribution in [2.75, 3.05) is 12.3 Å². The van der Waals surface area contributed by atoms with Crippen LogP contribution in [0.25, 0.3) is 0 Å². The van der Waals surface area contributed by atoms with Crippen LogP contribution in [0.5, 0.6) is 0 Å². The number of alkyl carbamates (subject to hydrolysis) is 1. The Balaban J connectivity index is 1.89. The van der Waals surface area contributed by atoms with Crippen LogP contribution in [0.2, 0.25) is 0 Å². The predicted octanol–water partition coefficient (Wildman–Crippen LogP) is 2.83. The van der Waals surface area contributed by atoms with E-state index in [0.717, 1.165) is 18.5 Å². The van der Waals surface area contributed by atoms with E-state index in [9.17, 15) is 4.79 Å². The van der Waals surface area contributed by atoms with Crippen LogP contribution >= 0.6 is 0 Å². The highest BCUT2D eigenvalue weighted by Crippen LogP contribution is 2.35. The molecule has 0 saturated heterocycles. The molecule has 1 atom stereocenters. The number of anilines is 1. The van der Waals surface area contributed by atoms with Crippen LogP contribution in [0.1, 0.15) is 44.2 Å². The van der Waals surface area contributed by atoms with Crippen LogP contribution in [0.3, 0.4) is 0 Å². The summed E-state index contributed by atoms with van der Waals surface area (Å²) in [6.07, 6.45) is 1.52. The maximum Gasteiger partial charge on any atom is 0.408 e. The van der Waals surface area contributed by atoms with E-state index < -0.39 is 11.7 Å². The van der Waals surface area contributed by atoms with Crippen molar-refractivity contribution < 1.29 is 9.53 Å². The zero-order valence-electron chi connectivity index (χ0n) is 12.8. The molecule has 0 bridgehead atoms. The molecule has 1 aliphatic carbocycles. The second kappa shape index (κ2) is 6.09. The first-order chi connectivity index (χ1) is 9.87. The van der Waals surface area contributed by atoms with Crippen LogP contribution in [0, 0.1) is 11.8 Å². The van der Waals surface area contributed by atoms with Gasteiger partial charge in [-0.1, -0.05) is 24.0 Å². The van der Waals surface area contributed by atoms with Gasteiger partial charge in [0.2, 0.25) is 0 Å². The molecule has 4 nitrogen and oxygen atoms in total. The number of rotatable bonds is 1. The lowest BCUT2D eigenvalue weighted by Gasteiger charge is -2.19. The van der Waals surface area contributed by atoms with Gasteiger partial charge in [-0.25, -0.2) is 4.79 Å². The molecule has 0 fully saturated rings. The molecule has 0 heterocycles. The van der Waals surface area contributed by atoms with Gasteiger partial charge in [-0.05, 0) is 50.8 Å². The average Bonchev–Trinajstić information content (AvgIpc) is 2.77. The maximum atomic E-state index is 11.5. The van der Waals surface area contributed by atoms with Crippen molar-refractivity contribution in [1.82, 2.24) is 5.32 Å². The van der Waals surface area contributed by atoms with Crippen LogP contribution in [0.15, 0.2) is 18.2 Å². The SMILES string of the molecule is CC(C)(C)OC(=O)NCC#CC1CCc2c(N)cccc21. The van der Waals surface area contributed by atoms with Crippen LogP contribution in [0.4, 0.5) is 10.5 Å². The van der Waals surface area contributed by atoms with Crippen molar-refractivity contribution in [2.45, 2.75) is 45.1 Å². The van der Waals surface area contributed by atoms with Gasteiger partial charge in [-0.2, -0.15) is 0 Å². The van der Waals surface area contributed by atoms with Gasteiger partial charge in [-0.3, -0.25) is 0 Å². The molecule has 1 aromatic carbocycles. The van der Waals surface area contributed by atoms with Gasteiger partial charge in [0.15, 0.2) is 0 Å². The van der Waals surface area contributed by atoms with Gasteiger partial charge in [-0.15, -0.1) is 0 Å². The number of benzene rings is 1. The fraction of sp³-hybridized carbons (Fsp3) is 0.471. The summed E-state index contributed by atoms with van der Waals surface area (Å²) in [5.41, 5.74) is 8.77. The Morgan fingerprint density at radius 1 is 1.48 bits per heavy atom. The van der Waals surface area contributed by atoms with Crippen molar-refractivity contribution in [1.29, 1.82) is 0 Å². The molecule has 3 N–H and O–H groups in total. The third-order valence-corrected chi connectivity index (χ3v) is 3.30. The summed E-state index contributed by atoms with van der Waals surface area (Å²) in [7, 11) is 0. The Morgan fingerprint density at radius 2 is 2.24 bits per heavy atom. The van der Waals surface area contributed by atoms with Gasteiger partial charge in [0, 0.05) is 11.6 Å². The van der Waals surface area contributed by atoms with Crippen molar-refractivity contribution in [3.05, 3.63) is 29.3 Å². The van der Waals surface area contributed by atoms with Gasteiger partial charge in [0.05, 0.1) is 6.54 Å². The second-order valence-corrected chi connectivity index (χ2v) is 6.18. The van der Waals surface area contributed by atoms with Crippen molar-refractivity contribution >= 4 is 11.8 Å². The van der Waals surface area contributed by atoms with E-state index >= 15 is 0 Å². The summed E-state index contributed by atoms with van der Waals surface area (Å²) in [5.74, 6) is 6.42. The van der Waals surface area contributed by atoms with E-state index in [1.807, 2.05) is 32.9 Å².